The number of thioether (sulfide) groups is 1. The van der Waals surface area contributed by atoms with Gasteiger partial charge in [-0.25, -0.2) is 8.42 Å². The molecule has 0 spiro atoms. The van der Waals surface area contributed by atoms with Crippen molar-refractivity contribution in [2.75, 3.05) is 18.8 Å². The number of carbonyl (C=O) groups is 3. The standard InChI is InChI=1S/C22H22N2O5S2/c1-16-7-9-18(10-8-16)31(28,29)14-11-20(25)23-12-13-24-21(26)19(30-22(24)27)15-17-5-3-2-4-6-17/h2-10,15H,11-14H2,1H3,(H,23,25)/b19-15+. The Labute approximate surface area is 185 Å². The van der Waals surface area contributed by atoms with Crippen LogP contribution in [0, 0.1) is 6.92 Å². The topological polar surface area (TPSA) is 101 Å². The van der Waals surface area contributed by atoms with Crippen LogP contribution >= 0.6 is 11.8 Å². The van der Waals surface area contributed by atoms with Crippen molar-refractivity contribution in [3.05, 3.63) is 70.6 Å². The van der Waals surface area contributed by atoms with E-state index in [1.807, 2.05) is 37.3 Å². The van der Waals surface area contributed by atoms with Crippen LogP contribution in [0.5, 0.6) is 0 Å². The van der Waals surface area contributed by atoms with Gasteiger partial charge in [-0.3, -0.25) is 19.3 Å². The zero-order valence-corrected chi connectivity index (χ0v) is 18.5. The number of hydrogen-bond donors (Lipinski definition) is 1. The average molecular weight is 459 g/mol. The minimum atomic E-state index is -3.56. The van der Waals surface area contributed by atoms with Crippen LogP contribution in [0.2, 0.25) is 0 Å². The normalized spacial score (nSPS) is 15.5. The van der Waals surface area contributed by atoms with Crippen molar-refractivity contribution >= 4 is 44.7 Å². The first-order valence-corrected chi connectivity index (χ1v) is 12.1. The summed E-state index contributed by atoms with van der Waals surface area (Å²) >= 11 is 0.854. The number of nitrogens with zero attached hydrogens (tertiary/aromatic N) is 1. The number of benzene rings is 2. The molecule has 7 nitrogen and oxygen atoms in total. The van der Waals surface area contributed by atoms with E-state index in [0.717, 1.165) is 27.8 Å². The van der Waals surface area contributed by atoms with E-state index in [0.29, 0.717) is 4.91 Å². The van der Waals surface area contributed by atoms with E-state index in [4.69, 9.17) is 0 Å². The van der Waals surface area contributed by atoms with Crippen LogP contribution < -0.4 is 5.32 Å². The summed E-state index contributed by atoms with van der Waals surface area (Å²) in [7, 11) is -3.56. The van der Waals surface area contributed by atoms with Gasteiger partial charge in [0, 0.05) is 19.5 Å². The molecule has 3 amide bonds. The highest BCUT2D eigenvalue weighted by Crippen LogP contribution is 2.31. The summed E-state index contributed by atoms with van der Waals surface area (Å²) < 4.78 is 24.6. The second-order valence-electron chi connectivity index (χ2n) is 6.98. The van der Waals surface area contributed by atoms with Crippen LogP contribution in [0.25, 0.3) is 6.08 Å². The summed E-state index contributed by atoms with van der Waals surface area (Å²) in [6, 6.07) is 15.6. The Balaban J connectivity index is 1.48. The molecule has 9 heteroatoms. The summed E-state index contributed by atoms with van der Waals surface area (Å²) in [6.45, 7) is 1.94. The average Bonchev–Trinajstić information content (AvgIpc) is 3.01. The Morgan fingerprint density at radius 1 is 1.06 bits per heavy atom. The molecule has 0 aliphatic carbocycles. The van der Waals surface area contributed by atoms with E-state index in [9.17, 15) is 22.8 Å². The summed E-state index contributed by atoms with van der Waals surface area (Å²) in [5, 5.41) is 2.17. The molecular weight excluding hydrogens is 436 g/mol. The lowest BCUT2D eigenvalue weighted by Crippen LogP contribution is -2.37. The molecule has 0 bridgehead atoms. The van der Waals surface area contributed by atoms with Gasteiger partial charge in [-0.2, -0.15) is 0 Å². The molecule has 1 aliphatic heterocycles. The Hall–Kier alpha value is -2.91. The smallest absolute Gasteiger partial charge is 0.293 e. The maximum absolute atomic E-state index is 12.5. The third kappa shape index (κ3) is 6.05. The fraction of sp³-hybridized carbons (Fsp3) is 0.227. The van der Waals surface area contributed by atoms with Crippen molar-refractivity contribution < 1.29 is 22.8 Å². The van der Waals surface area contributed by atoms with Gasteiger partial charge in [0.1, 0.15) is 0 Å². The predicted molar refractivity (Wildman–Crippen MR) is 120 cm³/mol. The minimum absolute atomic E-state index is 0.0211. The van der Waals surface area contributed by atoms with Crippen molar-refractivity contribution in [3.8, 4) is 0 Å². The number of hydrogen-bond acceptors (Lipinski definition) is 6. The van der Waals surface area contributed by atoms with Crippen molar-refractivity contribution in [1.29, 1.82) is 0 Å². The second-order valence-corrected chi connectivity index (χ2v) is 10.1. The van der Waals surface area contributed by atoms with Gasteiger partial charge in [-0.15, -0.1) is 0 Å². The minimum Gasteiger partial charge on any atom is -0.354 e. The zero-order chi connectivity index (χ0) is 22.4. The fourth-order valence-electron chi connectivity index (χ4n) is 2.88. The third-order valence-electron chi connectivity index (χ3n) is 4.61. The fourth-order valence-corrected chi connectivity index (χ4v) is 4.99. The first kappa shape index (κ1) is 22.8. The van der Waals surface area contributed by atoms with Gasteiger partial charge in [-0.1, -0.05) is 48.0 Å². The number of imide groups is 1. The molecule has 1 fully saturated rings. The molecule has 3 rings (SSSR count). The Bertz CT molecular complexity index is 1110. The van der Waals surface area contributed by atoms with Crippen LogP contribution in [0.1, 0.15) is 17.5 Å². The Morgan fingerprint density at radius 3 is 2.42 bits per heavy atom. The highest BCUT2D eigenvalue weighted by Gasteiger charge is 2.34. The predicted octanol–water partition coefficient (Wildman–Crippen LogP) is 3.01. The number of rotatable bonds is 8. The van der Waals surface area contributed by atoms with Gasteiger partial charge >= 0.3 is 0 Å². The molecule has 0 radical (unpaired) electrons. The van der Waals surface area contributed by atoms with Crippen molar-refractivity contribution in [2.45, 2.75) is 18.2 Å². The molecule has 1 heterocycles. The summed E-state index contributed by atoms with van der Waals surface area (Å²) in [5.41, 5.74) is 1.76. The third-order valence-corrected chi connectivity index (χ3v) is 7.25. The summed E-state index contributed by atoms with van der Waals surface area (Å²) in [5.74, 6) is -1.18. The SMILES string of the molecule is Cc1ccc(S(=O)(=O)CCC(=O)NCCN2C(=O)S/C(=C/c3ccccc3)C2=O)cc1. The van der Waals surface area contributed by atoms with Gasteiger partial charge < -0.3 is 5.32 Å². The van der Waals surface area contributed by atoms with E-state index in [-0.39, 0.29) is 30.2 Å². The van der Waals surface area contributed by atoms with Crippen LogP contribution in [0.15, 0.2) is 64.4 Å². The van der Waals surface area contributed by atoms with Gasteiger partial charge in [0.15, 0.2) is 9.84 Å². The van der Waals surface area contributed by atoms with Crippen LogP contribution in [0.4, 0.5) is 4.79 Å². The number of aryl methyl sites for hydroxylation is 1. The molecule has 0 saturated carbocycles. The first-order valence-electron chi connectivity index (χ1n) is 9.63. The summed E-state index contributed by atoms with van der Waals surface area (Å²) in [4.78, 5) is 38.2. The van der Waals surface area contributed by atoms with Crippen LogP contribution in [-0.4, -0.2) is 49.2 Å². The highest BCUT2D eigenvalue weighted by molar-refractivity contribution is 8.18. The number of sulfone groups is 1. The van der Waals surface area contributed by atoms with E-state index >= 15 is 0 Å². The number of nitrogens with one attached hydrogen (secondary N) is 1. The van der Waals surface area contributed by atoms with Crippen LogP contribution in [0.3, 0.4) is 0 Å². The zero-order valence-electron chi connectivity index (χ0n) is 16.9. The molecule has 1 N–H and O–H groups in total. The Kier molecular flexibility index (Phi) is 7.29. The van der Waals surface area contributed by atoms with Gasteiger partial charge in [0.25, 0.3) is 11.1 Å². The quantitative estimate of drug-likeness (QED) is 0.611. The molecule has 31 heavy (non-hydrogen) atoms. The second kappa shape index (κ2) is 9.93. The van der Waals surface area contributed by atoms with E-state index < -0.39 is 26.9 Å². The maximum Gasteiger partial charge on any atom is 0.293 e. The molecule has 162 valence electrons. The molecule has 0 atom stereocenters. The molecule has 2 aromatic rings. The van der Waals surface area contributed by atoms with E-state index in [1.165, 1.54) is 12.1 Å². The molecule has 1 aliphatic rings. The molecular formula is C22H22N2O5S2. The maximum atomic E-state index is 12.5. The number of carbonyl (C=O) groups excluding carboxylic acids is 3. The highest BCUT2D eigenvalue weighted by atomic mass is 32.2. The Morgan fingerprint density at radius 2 is 1.74 bits per heavy atom. The van der Waals surface area contributed by atoms with Crippen LogP contribution in [-0.2, 0) is 19.4 Å². The lowest BCUT2D eigenvalue weighted by molar-refractivity contribution is -0.124. The van der Waals surface area contributed by atoms with Gasteiger partial charge in [0.05, 0.1) is 15.6 Å². The van der Waals surface area contributed by atoms with E-state index in [1.54, 1.807) is 18.2 Å². The molecule has 1 saturated heterocycles. The summed E-state index contributed by atoms with van der Waals surface area (Å²) in [6.07, 6.45) is 1.45. The molecule has 0 aromatic heterocycles. The lowest BCUT2D eigenvalue weighted by Gasteiger charge is -2.13. The van der Waals surface area contributed by atoms with Crippen molar-refractivity contribution in [3.63, 3.8) is 0 Å². The monoisotopic (exact) mass is 458 g/mol. The van der Waals surface area contributed by atoms with E-state index in [2.05, 4.69) is 5.32 Å². The number of amides is 3. The lowest BCUT2D eigenvalue weighted by atomic mass is 10.2. The molecule has 0 unspecified atom stereocenters. The largest absolute Gasteiger partial charge is 0.354 e. The van der Waals surface area contributed by atoms with Gasteiger partial charge in [-0.05, 0) is 42.5 Å². The first-order chi connectivity index (χ1) is 14.8. The molecule has 2 aromatic carbocycles. The van der Waals surface area contributed by atoms with Crippen molar-refractivity contribution in [1.82, 2.24) is 10.2 Å². The van der Waals surface area contributed by atoms with Gasteiger partial charge in [0.2, 0.25) is 5.91 Å². The van der Waals surface area contributed by atoms with Crippen molar-refractivity contribution in [2.24, 2.45) is 0 Å².